The molecule has 1 fully saturated rings. The fourth-order valence-corrected chi connectivity index (χ4v) is 2.77. The third kappa shape index (κ3) is 1.81. The van der Waals surface area contributed by atoms with E-state index in [2.05, 4.69) is 26.2 Å². The van der Waals surface area contributed by atoms with Crippen molar-refractivity contribution in [3.05, 3.63) is 10.3 Å². The minimum atomic E-state index is -0.951. The molecule has 0 radical (unpaired) electrons. The predicted octanol–water partition coefficient (Wildman–Crippen LogP) is 0.822. The number of ether oxygens (including phenoxy) is 1. The Morgan fingerprint density at radius 1 is 1.67 bits per heavy atom. The first-order valence-electron chi connectivity index (χ1n) is 4.89. The van der Waals surface area contributed by atoms with E-state index in [1.807, 2.05) is 0 Å². The SMILES string of the molecule is Cn1nnc(Br)c1C(C)(O)C1CCOC1. The quantitative estimate of drug-likeness (QED) is 0.868. The maximum atomic E-state index is 10.5. The zero-order valence-corrected chi connectivity index (χ0v) is 10.4. The Labute approximate surface area is 96.6 Å². The van der Waals surface area contributed by atoms with Gasteiger partial charge in [-0.1, -0.05) is 5.21 Å². The van der Waals surface area contributed by atoms with Crippen molar-refractivity contribution in [2.24, 2.45) is 13.0 Å². The second-order valence-electron chi connectivity index (χ2n) is 4.06. The smallest absolute Gasteiger partial charge is 0.154 e. The molecule has 5 nitrogen and oxygen atoms in total. The summed E-state index contributed by atoms with van der Waals surface area (Å²) in [6, 6.07) is 0. The zero-order chi connectivity index (χ0) is 11.1. The molecule has 2 unspecified atom stereocenters. The van der Waals surface area contributed by atoms with Crippen LogP contribution in [0.15, 0.2) is 4.60 Å². The van der Waals surface area contributed by atoms with Crippen LogP contribution in [0.1, 0.15) is 19.0 Å². The van der Waals surface area contributed by atoms with Crippen molar-refractivity contribution < 1.29 is 9.84 Å². The molecule has 0 amide bonds. The van der Waals surface area contributed by atoms with Crippen LogP contribution >= 0.6 is 15.9 Å². The van der Waals surface area contributed by atoms with E-state index in [1.54, 1.807) is 18.7 Å². The number of aromatic nitrogens is 3. The van der Waals surface area contributed by atoms with Gasteiger partial charge in [-0.15, -0.1) is 5.10 Å². The van der Waals surface area contributed by atoms with Gasteiger partial charge in [-0.05, 0) is 29.3 Å². The van der Waals surface area contributed by atoms with Crippen molar-refractivity contribution in [3.63, 3.8) is 0 Å². The monoisotopic (exact) mass is 275 g/mol. The normalized spacial score (nSPS) is 25.5. The highest BCUT2D eigenvalue weighted by atomic mass is 79.9. The van der Waals surface area contributed by atoms with Crippen molar-refractivity contribution in [2.45, 2.75) is 18.9 Å². The molecule has 0 spiro atoms. The van der Waals surface area contributed by atoms with E-state index in [1.165, 1.54) is 0 Å². The standard InChI is InChI=1S/C9H14BrN3O2/c1-9(14,6-3-4-15-5-6)7-8(10)11-12-13(7)2/h6,14H,3-5H2,1-2H3. The molecular formula is C9H14BrN3O2. The highest BCUT2D eigenvalue weighted by Crippen LogP contribution is 2.36. The van der Waals surface area contributed by atoms with Crippen LogP contribution in [0, 0.1) is 5.92 Å². The van der Waals surface area contributed by atoms with Gasteiger partial charge in [0.15, 0.2) is 4.60 Å². The molecule has 1 aliphatic heterocycles. The molecule has 1 saturated heterocycles. The molecule has 0 aromatic carbocycles. The molecule has 1 N–H and O–H groups in total. The highest BCUT2D eigenvalue weighted by molar-refractivity contribution is 9.10. The van der Waals surface area contributed by atoms with Gasteiger partial charge in [0.1, 0.15) is 11.3 Å². The molecule has 2 heterocycles. The van der Waals surface area contributed by atoms with Gasteiger partial charge in [0.05, 0.1) is 6.61 Å². The van der Waals surface area contributed by atoms with Crippen molar-refractivity contribution in [1.82, 2.24) is 15.0 Å². The average Bonchev–Trinajstić information content (AvgIpc) is 2.75. The van der Waals surface area contributed by atoms with Crippen molar-refractivity contribution >= 4 is 15.9 Å². The first-order valence-corrected chi connectivity index (χ1v) is 5.68. The molecule has 84 valence electrons. The number of rotatable bonds is 2. The van der Waals surface area contributed by atoms with Crippen LogP contribution in [0.25, 0.3) is 0 Å². The topological polar surface area (TPSA) is 60.2 Å². The number of nitrogens with zero attached hydrogens (tertiary/aromatic N) is 3. The molecule has 1 aromatic rings. The maximum absolute atomic E-state index is 10.5. The van der Waals surface area contributed by atoms with Crippen LogP contribution in [-0.2, 0) is 17.4 Å². The van der Waals surface area contributed by atoms with Crippen LogP contribution in [0.5, 0.6) is 0 Å². The molecule has 0 saturated carbocycles. The van der Waals surface area contributed by atoms with Crippen LogP contribution < -0.4 is 0 Å². The largest absolute Gasteiger partial charge is 0.383 e. The van der Waals surface area contributed by atoms with Gasteiger partial charge in [-0.3, -0.25) is 0 Å². The Morgan fingerprint density at radius 3 is 2.87 bits per heavy atom. The predicted molar refractivity (Wildman–Crippen MR) is 57.2 cm³/mol. The molecule has 2 rings (SSSR count). The van der Waals surface area contributed by atoms with Crippen LogP contribution in [0.2, 0.25) is 0 Å². The molecule has 1 aromatic heterocycles. The van der Waals surface area contributed by atoms with Crippen LogP contribution in [-0.4, -0.2) is 33.3 Å². The summed E-state index contributed by atoms with van der Waals surface area (Å²) in [5, 5.41) is 18.3. The van der Waals surface area contributed by atoms with Gasteiger partial charge in [-0.2, -0.15) is 0 Å². The number of hydrogen-bond donors (Lipinski definition) is 1. The lowest BCUT2D eigenvalue weighted by Gasteiger charge is -2.28. The molecule has 0 bridgehead atoms. The van der Waals surface area contributed by atoms with Crippen LogP contribution in [0.4, 0.5) is 0 Å². The lowest BCUT2D eigenvalue weighted by atomic mass is 9.86. The maximum Gasteiger partial charge on any atom is 0.154 e. The summed E-state index contributed by atoms with van der Waals surface area (Å²) in [6.45, 7) is 3.09. The Balaban J connectivity index is 2.35. The summed E-state index contributed by atoms with van der Waals surface area (Å²) in [7, 11) is 1.78. The van der Waals surface area contributed by atoms with Crippen molar-refractivity contribution in [3.8, 4) is 0 Å². The van der Waals surface area contributed by atoms with E-state index >= 15 is 0 Å². The second-order valence-corrected chi connectivity index (χ2v) is 4.81. The number of hydrogen-bond acceptors (Lipinski definition) is 4. The third-order valence-electron chi connectivity index (χ3n) is 2.99. The van der Waals surface area contributed by atoms with Crippen LogP contribution in [0.3, 0.4) is 0 Å². The first-order chi connectivity index (χ1) is 7.03. The van der Waals surface area contributed by atoms with Gasteiger partial charge in [0.25, 0.3) is 0 Å². The molecule has 0 aliphatic carbocycles. The van der Waals surface area contributed by atoms with Crippen molar-refractivity contribution in [2.75, 3.05) is 13.2 Å². The lowest BCUT2D eigenvalue weighted by molar-refractivity contribution is -0.0172. The van der Waals surface area contributed by atoms with E-state index in [0.717, 1.165) is 6.42 Å². The molecule has 15 heavy (non-hydrogen) atoms. The van der Waals surface area contributed by atoms with Gasteiger partial charge < -0.3 is 9.84 Å². The Kier molecular flexibility index (Phi) is 2.83. The van der Waals surface area contributed by atoms with E-state index in [9.17, 15) is 5.11 Å². The summed E-state index contributed by atoms with van der Waals surface area (Å²) >= 11 is 3.30. The summed E-state index contributed by atoms with van der Waals surface area (Å²) < 4.78 is 7.49. The minimum absolute atomic E-state index is 0.103. The minimum Gasteiger partial charge on any atom is -0.383 e. The Morgan fingerprint density at radius 2 is 2.40 bits per heavy atom. The summed E-state index contributed by atoms with van der Waals surface area (Å²) in [4.78, 5) is 0. The van der Waals surface area contributed by atoms with E-state index in [0.29, 0.717) is 23.5 Å². The number of aliphatic hydroxyl groups is 1. The second kappa shape index (κ2) is 3.84. The number of aryl methyl sites for hydroxylation is 1. The summed E-state index contributed by atoms with van der Waals surface area (Å²) in [5.41, 5.74) is -0.244. The van der Waals surface area contributed by atoms with E-state index in [4.69, 9.17) is 4.74 Å². The average molecular weight is 276 g/mol. The van der Waals surface area contributed by atoms with Crippen molar-refractivity contribution in [1.29, 1.82) is 0 Å². The summed E-state index contributed by atoms with van der Waals surface area (Å²) in [6.07, 6.45) is 0.866. The Bertz CT molecular complexity index is 339. The van der Waals surface area contributed by atoms with E-state index < -0.39 is 5.60 Å². The van der Waals surface area contributed by atoms with Gasteiger partial charge >= 0.3 is 0 Å². The summed E-state index contributed by atoms with van der Waals surface area (Å²) in [5.74, 6) is 0.103. The van der Waals surface area contributed by atoms with Gasteiger partial charge in [0.2, 0.25) is 0 Å². The first kappa shape index (κ1) is 11.0. The third-order valence-corrected chi connectivity index (χ3v) is 3.52. The molecule has 6 heteroatoms. The number of halogens is 1. The van der Waals surface area contributed by atoms with Gasteiger partial charge in [0, 0.05) is 19.6 Å². The zero-order valence-electron chi connectivity index (χ0n) is 8.77. The van der Waals surface area contributed by atoms with E-state index in [-0.39, 0.29) is 5.92 Å². The molecular weight excluding hydrogens is 262 g/mol. The Hall–Kier alpha value is -0.460. The lowest BCUT2D eigenvalue weighted by Crippen LogP contribution is -2.34. The fourth-order valence-electron chi connectivity index (χ4n) is 2.04. The molecule has 2 atom stereocenters. The molecule has 1 aliphatic rings. The fraction of sp³-hybridized carbons (Fsp3) is 0.778. The highest BCUT2D eigenvalue weighted by Gasteiger charge is 2.40. The van der Waals surface area contributed by atoms with Gasteiger partial charge in [-0.25, -0.2) is 4.68 Å².